The van der Waals surface area contributed by atoms with Gasteiger partial charge in [0.25, 0.3) is 5.91 Å². The molecule has 0 fully saturated rings. The fraction of sp³-hybridized carbons (Fsp3) is 0.179. The van der Waals surface area contributed by atoms with Crippen molar-refractivity contribution in [2.75, 3.05) is 18.5 Å². The molecule has 3 aromatic rings. The van der Waals surface area contributed by atoms with Crippen LogP contribution in [0.4, 0.5) is 10.1 Å². The monoisotopic (exact) mass is 506 g/mol. The number of hydrogen-bond donors (Lipinski definition) is 1. The van der Waals surface area contributed by atoms with Crippen molar-refractivity contribution in [3.63, 3.8) is 0 Å². The van der Waals surface area contributed by atoms with Crippen LogP contribution in [0.1, 0.15) is 40.9 Å². The van der Waals surface area contributed by atoms with E-state index in [4.69, 9.17) is 21.1 Å². The molecule has 36 heavy (non-hydrogen) atoms. The van der Waals surface area contributed by atoms with E-state index in [0.29, 0.717) is 46.2 Å². The van der Waals surface area contributed by atoms with Crippen molar-refractivity contribution in [2.24, 2.45) is 0 Å². The average molecular weight is 507 g/mol. The summed E-state index contributed by atoms with van der Waals surface area (Å²) in [6.07, 6.45) is 1.76. The Balaban J connectivity index is 1.83. The van der Waals surface area contributed by atoms with Crippen LogP contribution >= 0.6 is 11.6 Å². The van der Waals surface area contributed by atoms with Gasteiger partial charge in [0, 0.05) is 22.7 Å². The zero-order chi connectivity index (χ0) is 26.1. The summed E-state index contributed by atoms with van der Waals surface area (Å²) in [5.41, 5.74) is 2.50. The van der Waals surface area contributed by atoms with Crippen LogP contribution < -0.4 is 10.1 Å². The summed E-state index contributed by atoms with van der Waals surface area (Å²) in [6.45, 7) is 4.16. The van der Waals surface area contributed by atoms with Gasteiger partial charge in [-0.1, -0.05) is 23.7 Å². The second kappa shape index (κ2) is 12.5. The maximum Gasteiger partial charge on any atom is 0.338 e. The second-order valence-electron chi connectivity index (χ2n) is 7.64. The molecule has 0 aliphatic heterocycles. The zero-order valence-corrected chi connectivity index (χ0v) is 20.6. The van der Waals surface area contributed by atoms with Crippen molar-refractivity contribution in [3.8, 4) is 11.8 Å². The Labute approximate surface area is 213 Å². The predicted octanol–water partition coefficient (Wildman–Crippen LogP) is 6.19. The van der Waals surface area contributed by atoms with Crippen LogP contribution in [0.25, 0.3) is 6.08 Å². The van der Waals surface area contributed by atoms with Crippen molar-refractivity contribution >= 4 is 35.2 Å². The molecule has 3 rings (SSSR count). The van der Waals surface area contributed by atoms with Gasteiger partial charge in [0.05, 0.1) is 18.8 Å². The van der Waals surface area contributed by atoms with Crippen LogP contribution in [-0.2, 0) is 16.0 Å². The second-order valence-corrected chi connectivity index (χ2v) is 8.05. The molecule has 0 heterocycles. The lowest BCUT2D eigenvalue weighted by Crippen LogP contribution is -2.13. The molecule has 0 spiro atoms. The van der Waals surface area contributed by atoms with Gasteiger partial charge in [-0.05, 0) is 79.6 Å². The first-order valence-electron chi connectivity index (χ1n) is 11.2. The van der Waals surface area contributed by atoms with Crippen LogP contribution in [0.5, 0.6) is 5.75 Å². The Kier molecular flexibility index (Phi) is 9.20. The lowest BCUT2D eigenvalue weighted by Gasteiger charge is -2.14. The molecule has 184 valence electrons. The van der Waals surface area contributed by atoms with E-state index in [1.807, 2.05) is 13.0 Å². The number of esters is 1. The number of rotatable bonds is 9. The van der Waals surface area contributed by atoms with Crippen molar-refractivity contribution in [3.05, 3.63) is 99.3 Å². The molecule has 3 aromatic carbocycles. The third kappa shape index (κ3) is 6.94. The molecule has 6 nitrogen and oxygen atoms in total. The minimum absolute atomic E-state index is 0.152. The van der Waals surface area contributed by atoms with Crippen LogP contribution in [0.15, 0.2) is 66.2 Å². The number of nitrogens with one attached hydrogen (secondary N) is 1. The molecular weight excluding hydrogens is 483 g/mol. The predicted molar refractivity (Wildman–Crippen MR) is 136 cm³/mol. The van der Waals surface area contributed by atoms with Crippen LogP contribution in [0.3, 0.4) is 0 Å². The van der Waals surface area contributed by atoms with Gasteiger partial charge in [-0.25, -0.2) is 9.18 Å². The Morgan fingerprint density at radius 2 is 1.83 bits per heavy atom. The first-order valence-corrected chi connectivity index (χ1v) is 11.6. The number of benzene rings is 3. The Morgan fingerprint density at radius 3 is 2.47 bits per heavy atom. The fourth-order valence-electron chi connectivity index (χ4n) is 3.44. The Hall–Kier alpha value is -4.15. The minimum Gasteiger partial charge on any atom is -0.494 e. The van der Waals surface area contributed by atoms with E-state index in [2.05, 4.69) is 5.32 Å². The number of nitriles is 1. The molecule has 8 heteroatoms. The van der Waals surface area contributed by atoms with E-state index in [-0.39, 0.29) is 18.0 Å². The summed E-state index contributed by atoms with van der Waals surface area (Å²) < 4.78 is 24.3. The molecule has 0 bridgehead atoms. The highest BCUT2D eigenvalue weighted by Crippen LogP contribution is 2.32. The van der Waals surface area contributed by atoms with Crippen molar-refractivity contribution < 1.29 is 23.5 Å². The minimum atomic E-state index is -0.626. The van der Waals surface area contributed by atoms with Gasteiger partial charge in [-0.15, -0.1) is 0 Å². The molecule has 0 saturated carbocycles. The van der Waals surface area contributed by atoms with Crippen LogP contribution in [-0.4, -0.2) is 25.1 Å². The smallest absolute Gasteiger partial charge is 0.338 e. The average Bonchev–Trinajstić information content (AvgIpc) is 2.85. The molecule has 1 amide bonds. The summed E-state index contributed by atoms with van der Waals surface area (Å²) in [5.74, 6) is -0.954. The van der Waals surface area contributed by atoms with Crippen LogP contribution in [0, 0.1) is 17.1 Å². The molecule has 0 aliphatic carbocycles. The first kappa shape index (κ1) is 26.5. The first-order chi connectivity index (χ1) is 17.3. The maximum atomic E-state index is 13.6. The zero-order valence-electron chi connectivity index (χ0n) is 19.8. The number of carbonyl (C=O) groups excluding carboxylic acids is 2. The van der Waals surface area contributed by atoms with Gasteiger partial charge in [-0.3, -0.25) is 4.79 Å². The third-order valence-corrected chi connectivity index (χ3v) is 5.41. The summed E-state index contributed by atoms with van der Waals surface area (Å²) in [4.78, 5) is 24.5. The SMILES string of the molecule is CCOC(=O)c1ccc(NC(=O)/C(C#N)=C/c2cc(Cl)c(Cc3cccc(F)c3)c(OCC)c2)cc1. The van der Waals surface area contributed by atoms with Gasteiger partial charge in [0.15, 0.2) is 0 Å². The van der Waals surface area contributed by atoms with Crippen molar-refractivity contribution in [2.45, 2.75) is 20.3 Å². The number of anilines is 1. The van der Waals surface area contributed by atoms with Gasteiger partial charge in [0.2, 0.25) is 0 Å². The molecule has 0 aliphatic rings. The van der Waals surface area contributed by atoms with E-state index in [1.165, 1.54) is 30.3 Å². The van der Waals surface area contributed by atoms with Gasteiger partial charge >= 0.3 is 5.97 Å². The van der Waals surface area contributed by atoms with E-state index in [0.717, 1.165) is 5.56 Å². The highest BCUT2D eigenvalue weighted by Gasteiger charge is 2.15. The molecular formula is C28H24ClFN2O4. The molecule has 0 saturated heterocycles. The van der Waals surface area contributed by atoms with Crippen LogP contribution in [0.2, 0.25) is 5.02 Å². The topological polar surface area (TPSA) is 88.4 Å². The van der Waals surface area contributed by atoms with E-state index in [1.54, 1.807) is 43.3 Å². The molecule has 0 unspecified atom stereocenters. The summed E-state index contributed by atoms with van der Waals surface area (Å²) >= 11 is 6.53. The molecule has 0 atom stereocenters. The quantitative estimate of drug-likeness (QED) is 0.212. The molecule has 0 radical (unpaired) electrons. The third-order valence-electron chi connectivity index (χ3n) is 5.08. The summed E-state index contributed by atoms with van der Waals surface area (Å²) in [5, 5.41) is 12.6. The maximum absolute atomic E-state index is 13.6. The number of ether oxygens (including phenoxy) is 2. The van der Waals surface area contributed by atoms with E-state index in [9.17, 15) is 19.2 Å². The van der Waals surface area contributed by atoms with Crippen molar-refractivity contribution in [1.29, 1.82) is 5.26 Å². The van der Waals surface area contributed by atoms with Gasteiger partial charge in [0.1, 0.15) is 23.2 Å². The number of carbonyl (C=O) groups is 2. The number of nitrogens with zero attached hydrogens (tertiary/aromatic N) is 1. The Morgan fingerprint density at radius 1 is 1.08 bits per heavy atom. The Bertz CT molecular complexity index is 1330. The normalized spacial score (nSPS) is 10.9. The van der Waals surface area contributed by atoms with E-state index >= 15 is 0 Å². The summed E-state index contributed by atoms with van der Waals surface area (Å²) in [6, 6.07) is 17.6. The summed E-state index contributed by atoms with van der Waals surface area (Å²) in [7, 11) is 0. The van der Waals surface area contributed by atoms with Gasteiger partial charge < -0.3 is 14.8 Å². The highest BCUT2D eigenvalue weighted by atomic mass is 35.5. The highest BCUT2D eigenvalue weighted by molar-refractivity contribution is 6.31. The van der Waals surface area contributed by atoms with Crippen molar-refractivity contribution in [1.82, 2.24) is 0 Å². The molecule has 0 aromatic heterocycles. The lowest BCUT2D eigenvalue weighted by molar-refractivity contribution is -0.112. The molecule has 1 N–H and O–H groups in total. The largest absolute Gasteiger partial charge is 0.494 e. The lowest BCUT2D eigenvalue weighted by atomic mass is 10.0. The van der Waals surface area contributed by atoms with E-state index < -0.39 is 11.9 Å². The number of amides is 1. The number of hydrogen-bond acceptors (Lipinski definition) is 5. The number of halogens is 2. The fourth-order valence-corrected chi connectivity index (χ4v) is 3.73. The van der Waals surface area contributed by atoms with Gasteiger partial charge in [-0.2, -0.15) is 5.26 Å². The standard InChI is InChI=1S/C28H24ClFN2O4/c1-3-35-26-16-19(15-25(29)24(26)14-18-6-5-7-22(30)13-18)12-21(17-31)27(33)32-23-10-8-20(9-11-23)28(34)36-4-2/h5-13,15-16H,3-4,14H2,1-2H3,(H,32,33)/b21-12+.